The number of carbonyl (C=O) groups is 2. The number of halogens is 2. The Hall–Kier alpha value is -3.11. The zero-order valence-electron chi connectivity index (χ0n) is 20.6. The van der Waals surface area contributed by atoms with Crippen molar-refractivity contribution in [1.82, 2.24) is 9.62 Å². The molecule has 0 spiro atoms. The number of amides is 2. The fourth-order valence-electron chi connectivity index (χ4n) is 4.06. The van der Waals surface area contributed by atoms with Gasteiger partial charge in [0.25, 0.3) is 5.91 Å². The van der Waals surface area contributed by atoms with Gasteiger partial charge in [-0.25, -0.2) is 8.42 Å². The van der Waals surface area contributed by atoms with Crippen LogP contribution in [0.15, 0.2) is 72.8 Å². The monoisotopic (exact) mass is 575 g/mol. The van der Waals surface area contributed by atoms with Gasteiger partial charge in [-0.15, -0.1) is 0 Å². The molecule has 0 aliphatic carbocycles. The van der Waals surface area contributed by atoms with Crippen LogP contribution in [-0.4, -0.2) is 56.5 Å². The number of hydrogen-bond donors (Lipinski definition) is 1. The quantitative estimate of drug-likeness (QED) is 0.417. The summed E-state index contributed by atoms with van der Waals surface area (Å²) in [6.45, 7) is -0.159. The van der Waals surface area contributed by atoms with E-state index in [1.807, 2.05) is 30.3 Å². The lowest BCUT2D eigenvalue weighted by atomic mass is 10.1. The molecule has 38 heavy (non-hydrogen) atoms. The molecular weight excluding hydrogens is 549 g/mol. The lowest BCUT2D eigenvalue weighted by molar-refractivity contribution is -0.128. The van der Waals surface area contributed by atoms with Gasteiger partial charge in [0, 0.05) is 13.1 Å². The standard InChI is InChI=1S/C27H27Cl2N3O5S/c1-38(35,36)31(16-20-11-12-21(28)22(29)15-20)18-26(33)32-17-25(37-24-10-6-5-9-23(24)32)27(34)30-14-13-19-7-3-2-4-8-19/h2-12,15,25H,13-14,16-18H2,1H3,(H,30,34)/t25-/m0/s1. The van der Waals surface area contributed by atoms with E-state index >= 15 is 0 Å². The van der Waals surface area contributed by atoms with Crippen molar-refractivity contribution < 1.29 is 22.7 Å². The third-order valence-corrected chi connectivity index (χ3v) is 7.98. The summed E-state index contributed by atoms with van der Waals surface area (Å²) < 4.78 is 32.1. The van der Waals surface area contributed by atoms with Gasteiger partial charge >= 0.3 is 0 Å². The molecule has 0 unspecified atom stereocenters. The first kappa shape index (κ1) is 27.9. The van der Waals surface area contributed by atoms with Gasteiger partial charge < -0.3 is 15.0 Å². The Morgan fingerprint density at radius 2 is 1.71 bits per heavy atom. The van der Waals surface area contributed by atoms with Crippen molar-refractivity contribution in [2.45, 2.75) is 19.1 Å². The molecule has 0 bridgehead atoms. The molecule has 11 heteroatoms. The van der Waals surface area contributed by atoms with E-state index in [0.717, 1.165) is 16.1 Å². The molecule has 1 aliphatic rings. The average molecular weight is 577 g/mol. The number of nitrogens with one attached hydrogen (secondary N) is 1. The van der Waals surface area contributed by atoms with Gasteiger partial charge in [-0.2, -0.15) is 4.31 Å². The number of fused-ring (bicyclic) bond motifs is 1. The van der Waals surface area contributed by atoms with Crippen molar-refractivity contribution in [2.75, 3.05) is 30.8 Å². The predicted octanol–water partition coefficient (Wildman–Crippen LogP) is 3.91. The summed E-state index contributed by atoms with van der Waals surface area (Å²) in [6, 6.07) is 21.4. The minimum Gasteiger partial charge on any atom is -0.477 e. The number of nitrogens with zero attached hydrogens (tertiary/aromatic N) is 2. The molecule has 1 N–H and O–H groups in total. The largest absolute Gasteiger partial charge is 0.477 e. The minimum atomic E-state index is -3.77. The fraction of sp³-hybridized carbons (Fsp3) is 0.259. The first-order chi connectivity index (χ1) is 18.1. The molecule has 1 atom stereocenters. The van der Waals surface area contributed by atoms with Crippen LogP contribution in [0, 0.1) is 0 Å². The Kier molecular flexibility index (Phi) is 8.94. The van der Waals surface area contributed by atoms with E-state index in [2.05, 4.69) is 5.32 Å². The van der Waals surface area contributed by atoms with E-state index in [1.165, 1.54) is 4.90 Å². The number of anilines is 1. The summed E-state index contributed by atoms with van der Waals surface area (Å²) >= 11 is 12.1. The van der Waals surface area contributed by atoms with Crippen molar-refractivity contribution in [3.63, 3.8) is 0 Å². The van der Waals surface area contributed by atoms with E-state index < -0.39 is 28.6 Å². The van der Waals surface area contributed by atoms with Crippen LogP contribution < -0.4 is 15.0 Å². The summed E-state index contributed by atoms with van der Waals surface area (Å²) in [5, 5.41) is 3.49. The third kappa shape index (κ3) is 7.05. The molecule has 0 saturated carbocycles. The molecule has 2 amide bonds. The highest BCUT2D eigenvalue weighted by Gasteiger charge is 2.35. The van der Waals surface area contributed by atoms with Gasteiger partial charge in [-0.3, -0.25) is 9.59 Å². The highest BCUT2D eigenvalue weighted by molar-refractivity contribution is 7.88. The SMILES string of the molecule is CS(=O)(=O)N(CC(=O)N1C[C@@H](C(=O)NCCc2ccccc2)Oc2ccccc21)Cc1ccc(Cl)c(Cl)c1. The van der Waals surface area contributed by atoms with Crippen LogP contribution in [0.1, 0.15) is 11.1 Å². The number of rotatable bonds is 9. The summed E-state index contributed by atoms with van der Waals surface area (Å²) in [4.78, 5) is 27.8. The normalized spacial score (nSPS) is 15.1. The third-order valence-electron chi connectivity index (χ3n) is 6.05. The Labute approximate surface area is 232 Å². The molecule has 3 aromatic rings. The molecule has 0 radical (unpaired) electrons. The number of hydrogen-bond acceptors (Lipinski definition) is 5. The lowest BCUT2D eigenvalue weighted by Crippen LogP contribution is -2.53. The number of carbonyl (C=O) groups excluding carboxylic acids is 2. The van der Waals surface area contributed by atoms with Gasteiger partial charge in [0.15, 0.2) is 6.10 Å². The molecule has 4 rings (SSSR count). The fourth-order valence-corrected chi connectivity index (χ4v) is 5.11. The van der Waals surface area contributed by atoms with Crippen molar-refractivity contribution >= 4 is 50.7 Å². The molecule has 1 aliphatic heterocycles. The van der Waals surface area contributed by atoms with Gasteiger partial charge in [0.2, 0.25) is 15.9 Å². The molecule has 0 fully saturated rings. The second kappa shape index (κ2) is 12.2. The van der Waals surface area contributed by atoms with E-state index in [-0.39, 0.29) is 24.0 Å². The van der Waals surface area contributed by atoms with Crippen LogP contribution in [0.2, 0.25) is 10.0 Å². The second-order valence-corrected chi connectivity index (χ2v) is 11.7. The number of benzene rings is 3. The minimum absolute atomic E-state index is 0.0581. The van der Waals surface area contributed by atoms with Gasteiger partial charge in [0.1, 0.15) is 5.75 Å². The van der Waals surface area contributed by atoms with Gasteiger partial charge in [0.05, 0.1) is 35.1 Å². The van der Waals surface area contributed by atoms with E-state index in [9.17, 15) is 18.0 Å². The first-order valence-corrected chi connectivity index (χ1v) is 14.5. The second-order valence-electron chi connectivity index (χ2n) is 8.88. The van der Waals surface area contributed by atoms with E-state index in [1.54, 1.807) is 42.5 Å². The number of para-hydroxylation sites is 2. The summed E-state index contributed by atoms with van der Waals surface area (Å²) in [5.41, 5.74) is 2.13. The number of ether oxygens (including phenoxy) is 1. The summed E-state index contributed by atoms with van der Waals surface area (Å²) in [6.07, 6.45) is 0.733. The van der Waals surface area contributed by atoms with Crippen molar-refractivity contribution in [3.05, 3.63) is 94.0 Å². The highest BCUT2D eigenvalue weighted by Crippen LogP contribution is 2.33. The Bertz CT molecular complexity index is 1420. The van der Waals surface area contributed by atoms with Crippen LogP contribution in [0.3, 0.4) is 0 Å². The van der Waals surface area contributed by atoms with Crippen molar-refractivity contribution in [1.29, 1.82) is 0 Å². The smallest absolute Gasteiger partial charge is 0.262 e. The number of sulfonamides is 1. The maximum Gasteiger partial charge on any atom is 0.262 e. The maximum absolute atomic E-state index is 13.5. The van der Waals surface area contributed by atoms with E-state index in [0.29, 0.717) is 35.0 Å². The average Bonchev–Trinajstić information content (AvgIpc) is 2.89. The van der Waals surface area contributed by atoms with E-state index in [4.69, 9.17) is 27.9 Å². The topological polar surface area (TPSA) is 96.0 Å². The maximum atomic E-state index is 13.5. The Morgan fingerprint density at radius 3 is 2.42 bits per heavy atom. The van der Waals surface area contributed by atoms with Crippen molar-refractivity contribution in [2.24, 2.45) is 0 Å². The van der Waals surface area contributed by atoms with Gasteiger partial charge in [-0.05, 0) is 41.8 Å². The molecule has 0 aromatic heterocycles. The molecule has 200 valence electrons. The Morgan fingerprint density at radius 1 is 1.00 bits per heavy atom. The molecular formula is C27H27Cl2N3O5S. The zero-order chi connectivity index (χ0) is 27.3. The van der Waals surface area contributed by atoms with Crippen molar-refractivity contribution in [3.8, 4) is 5.75 Å². The van der Waals surface area contributed by atoms with Crippen LogP contribution in [-0.2, 0) is 32.6 Å². The van der Waals surface area contributed by atoms with Crippen LogP contribution >= 0.6 is 23.2 Å². The lowest BCUT2D eigenvalue weighted by Gasteiger charge is -2.35. The molecule has 3 aromatic carbocycles. The zero-order valence-corrected chi connectivity index (χ0v) is 23.0. The molecule has 0 saturated heterocycles. The van der Waals surface area contributed by atoms with Gasteiger partial charge in [-0.1, -0.05) is 71.7 Å². The Balaban J connectivity index is 1.48. The molecule has 8 nitrogen and oxygen atoms in total. The highest BCUT2D eigenvalue weighted by atomic mass is 35.5. The first-order valence-electron chi connectivity index (χ1n) is 11.9. The van der Waals surface area contributed by atoms with Crippen LogP contribution in [0.25, 0.3) is 0 Å². The molecule has 1 heterocycles. The summed E-state index contributed by atoms with van der Waals surface area (Å²) in [7, 11) is -3.77. The van der Waals surface area contributed by atoms with Crippen LogP contribution in [0.5, 0.6) is 5.75 Å². The summed E-state index contributed by atoms with van der Waals surface area (Å²) in [5.74, 6) is -0.483. The predicted molar refractivity (Wildman–Crippen MR) is 148 cm³/mol. The van der Waals surface area contributed by atoms with Crippen LogP contribution in [0.4, 0.5) is 5.69 Å².